The first-order valence-electron chi connectivity index (χ1n) is 9.50. The minimum atomic E-state index is -0.194. The third-order valence-electron chi connectivity index (χ3n) is 5.96. The summed E-state index contributed by atoms with van der Waals surface area (Å²) in [5.41, 5.74) is -0.0252. The van der Waals surface area contributed by atoms with E-state index in [0.717, 1.165) is 32.1 Å². The Bertz CT molecular complexity index is 520. The lowest BCUT2D eigenvalue weighted by atomic mass is 9.83. The number of carbonyl (C=O) groups excluding carboxylic acids is 2. The van der Waals surface area contributed by atoms with E-state index in [-0.39, 0.29) is 35.2 Å². The SMILES string of the molecule is CC1OC1(C)CCCC(=O)OCCCOC(=O)C1CCC2(C)OC2C1. The summed E-state index contributed by atoms with van der Waals surface area (Å²) in [6.07, 6.45) is 5.66. The van der Waals surface area contributed by atoms with Gasteiger partial charge in [0.15, 0.2) is 0 Å². The number of ether oxygens (including phenoxy) is 4. The van der Waals surface area contributed by atoms with Gasteiger partial charge in [-0.3, -0.25) is 9.59 Å². The minimum Gasteiger partial charge on any atom is -0.466 e. The van der Waals surface area contributed by atoms with Crippen LogP contribution in [0, 0.1) is 5.92 Å². The van der Waals surface area contributed by atoms with E-state index >= 15 is 0 Å². The Morgan fingerprint density at radius 3 is 2.52 bits per heavy atom. The molecule has 6 nitrogen and oxygen atoms in total. The second-order valence-corrected chi connectivity index (χ2v) is 8.06. The van der Waals surface area contributed by atoms with Crippen molar-refractivity contribution in [3.63, 3.8) is 0 Å². The quantitative estimate of drug-likeness (QED) is 0.360. The van der Waals surface area contributed by atoms with Gasteiger partial charge in [-0.2, -0.15) is 0 Å². The zero-order valence-corrected chi connectivity index (χ0v) is 15.5. The Balaban J connectivity index is 1.18. The summed E-state index contributed by atoms with van der Waals surface area (Å²) in [4.78, 5) is 23.7. The van der Waals surface area contributed by atoms with Gasteiger partial charge in [0.2, 0.25) is 0 Å². The Kier molecular flexibility index (Phi) is 5.40. The largest absolute Gasteiger partial charge is 0.466 e. The maximum atomic E-state index is 12.0. The van der Waals surface area contributed by atoms with Crippen LogP contribution in [0.5, 0.6) is 0 Å². The van der Waals surface area contributed by atoms with Crippen LogP contribution in [0.1, 0.15) is 65.7 Å². The molecule has 1 aliphatic carbocycles. The first-order valence-corrected chi connectivity index (χ1v) is 9.50. The smallest absolute Gasteiger partial charge is 0.309 e. The molecule has 3 aliphatic rings. The predicted molar refractivity (Wildman–Crippen MR) is 90.0 cm³/mol. The zero-order valence-electron chi connectivity index (χ0n) is 15.5. The number of esters is 2. The summed E-state index contributed by atoms with van der Waals surface area (Å²) in [6, 6.07) is 0. The van der Waals surface area contributed by atoms with E-state index in [4.69, 9.17) is 18.9 Å². The van der Waals surface area contributed by atoms with Crippen LogP contribution in [0.2, 0.25) is 0 Å². The summed E-state index contributed by atoms with van der Waals surface area (Å²) >= 11 is 0. The molecule has 0 N–H and O–H groups in total. The summed E-state index contributed by atoms with van der Waals surface area (Å²) in [5, 5.41) is 0. The van der Waals surface area contributed by atoms with E-state index in [1.807, 2.05) is 6.92 Å². The molecule has 0 radical (unpaired) electrons. The summed E-state index contributed by atoms with van der Waals surface area (Å²) in [6.45, 7) is 6.81. The van der Waals surface area contributed by atoms with Crippen molar-refractivity contribution in [2.45, 2.75) is 89.1 Å². The highest BCUT2D eigenvalue weighted by atomic mass is 16.6. The number of hydrogen-bond donors (Lipinski definition) is 0. The third-order valence-corrected chi connectivity index (χ3v) is 5.96. The van der Waals surface area contributed by atoms with Crippen LogP contribution in [0.4, 0.5) is 0 Å². The lowest BCUT2D eigenvalue weighted by Gasteiger charge is -2.20. The molecule has 6 heteroatoms. The average molecular weight is 354 g/mol. The highest BCUT2D eigenvalue weighted by Gasteiger charge is 2.56. The van der Waals surface area contributed by atoms with Crippen LogP contribution in [-0.2, 0) is 28.5 Å². The van der Waals surface area contributed by atoms with Gasteiger partial charge in [0.05, 0.1) is 42.5 Å². The second-order valence-electron chi connectivity index (χ2n) is 8.06. The molecular formula is C19H30O6. The molecule has 3 fully saturated rings. The van der Waals surface area contributed by atoms with E-state index in [1.165, 1.54) is 0 Å². The fourth-order valence-electron chi connectivity index (χ4n) is 3.68. The van der Waals surface area contributed by atoms with Crippen LogP contribution < -0.4 is 0 Å². The number of hydrogen-bond acceptors (Lipinski definition) is 6. The van der Waals surface area contributed by atoms with Crippen molar-refractivity contribution in [3.8, 4) is 0 Å². The third kappa shape index (κ3) is 4.73. The number of rotatable bonds is 9. The second kappa shape index (κ2) is 7.23. The molecule has 0 aromatic carbocycles. The molecule has 2 aliphatic heterocycles. The Morgan fingerprint density at radius 1 is 1.12 bits per heavy atom. The van der Waals surface area contributed by atoms with Gasteiger partial charge in [-0.25, -0.2) is 0 Å². The molecular weight excluding hydrogens is 324 g/mol. The van der Waals surface area contributed by atoms with E-state index in [2.05, 4.69) is 13.8 Å². The van der Waals surface area contributed by atoms with Crippen molar-refractivity contribution in [1.29, 1.82) is 0 Å². The van der Waals surface area contributed by atoms with E-state index < -0.39 is 0 Å². The van der Waals surface area contributed by atoms with Crippen molar-refractivity contribution in [2.24, 2.45) is 5.92 Å². The topological polar surface area (TPSA) is 77.7 Å². The van der Waals surface area contributed by atoms with Gasteiger partial charge in [-0.05, 0) is 52.9 Å². The lowest BCUT2D eigenvalue weighted by molar-refractivity contribution is -0.150. The molecule has 0 spiro atoms. The van der Waals surface area contributed by atoms with Crippen molar-refractivity contribution < 1.29 is 28.5 Å². The summed E-state index contributed by atoms with van der Waals surface area (Å²) in [5.74, 6) is -0.382. The number of carbonyl (C=O) groups is 2. The average Bonchev–Trinajstić information content (AvgIpc) is 3.40. The molecule has 25 heavy (non-hydrogen) atoms. The van der Waals surface area contributed by atoms with Crippen molar-refractivity contribution in [2.75, 3.05) is 13.2 Å². The Labute approximate surface area is 149 Å². The van der Waals surface area contributed by atoms with Gasteiger partial charge < -0.3 is 18.9 Å². The van der Waals surface area contributed by atoms with Crippen LogP contribution >= 0.6 is 0 Å². The van der Waals surface area contributed by atoms with Gasteiger partial charge in [0, 0.05) is 12.8 Å². The van der Waals surface area contributed by atoms with Crippen molar-refractivity contribution in [3.05, 3.63) is 0 Å². The monoisotopic (exact) mass is 354 g/mol. The van der Waals surface area contributed by atoms with E-state index in [9.17, 15) is 9.59 Å². The number of epoxide rings is 2. The fraction of sp³-hybridized carbons (Fsp3) is 0.895. The van der Waals surface area contributed by atoms with Crippen molar-refractivity contribution in [1.82, 2.24) is 0 Å². The van der Waals surface area contributed by atoms with Crippen molar-refractivity contribution >= 4 is 11.9 Å². The number of fused-ring (bicyclic) bond motifs is 1. The molecule has 0 aromatic heterocycles. The maximum Gasteiger partial charge on any atom is 0.309 e. The molecule has 1 saturated carbocycles. The van der Waals surface area contributed by atoms with Crippen LogP contribution in [0.3, 0.4) is 0 Å². The predicted octanol–water partition coefficient (Wildman–Crippen LogP) is 2.77. The molecule has 2 saturated heterocycles. The highest BCUT2D eigenvalue weighted by molar-refractivity contribution is 5.72. The van der Waals surface area contributed by atoms with E-state index in [0.29, 0.717) is 32.2 Å². The normalized spacial score (nSPS) is 38.6. The zero-order chi connectivity index (χ0) is 18.1. The van der Waals surface area contributed by atoms with Gasteiger partial charge in [0.25, 0.3) is 0 Å². The fourth-order valence-corrected chi connectivity index (χ4v) is 3.68. The maximum absolute atomic E-state index is 12.0. The van der Waals surface area contributed by atoms with Gasteiger partial charge >= 0.3 is 11.9 Å². The summed E-state index contributed by atoms with van der Waals surface area (Å²) in [7, 11) is 0. The van der Waals surface area contributed by atoms with E-state index in [1.54, 1.807) is 0 Å². The minimum absolute atomic E-state index is 0.0199. The summed E-state index contributed by atoms with van der Waals surface area (Å²) < 4.78 is 21.6. The highest BCUT2D eigenvalue weighted by Crippen LogP contribution is 2.49. The Hall–Kier alpha value is -1.14. The molecule has 142 valence electrons. The standard InChI is InChI=1S/C19H30O6/c1-13-18(2,24-13)8-4-6-16(20)22-10-5-11-23-17(21)14-7-9-19(3)15(12-14)25-19/h13-15H,4-12H2,1-3H3. The molecule has 5 atom stereocenters. The van der Waals surface area contributed by atoms with Gasteiger partial charge in [-0.15, -0.1) is 0 Å². The van der Waals surface area contributed by atoms with Gasteiger partial charge in [-0.1, -0.05) is 0 Å². The Morgan fingerprint density at radius 2 is 1.84 bits per heavy atom. The van der Waals surface area contributed by atoms with Gasteiger partial charge in [0.1, 0.15) is 0 Å². The lowest BCUT2D eigenvalue weighted by Crippen LogP contribution is -2.28. The molecule has 2 heterocycles. The van der Waals surface area contributed by atoms with Crippen LogP contribution in [0.15, 0.2) is 0 Å². The first-order chi connectivity index (χ1) is 11.8. The molecule has 3 rings (SSSR count). The molecule has 5 unspecified atom stereocenters. The van der Waals surface area contributed by atoms with Crippen LogP contribution in [0.25, 0.3) is 0 Å². The molecule has 0 aromatic rings. The van der Waals surface area contributed by atoms with Crippen LogP contribution in [-0.4, -0.2) is 48.6 Å². The molecule has 0 amide bonds. The molecule has 0 bridgehead atoms. The first kappa shape index (κ1) is 18.6.